The van der Waals surface area contributed by atoms with Crippen LogP contribution in [-0.2, 0) is 10.0 Å². The van der Waals surface area contributed by atoms with Gasteiger partial charge in [0.15, 0.2) is 0 Å². The molecule has 1 saturated heterocycles. The molecule has 0 unspecified atom stereocenters. The third-order valence-electron chi connectivity index (χ3n) is 4.35. The summed E-state index contributed by atoms with van der Waals surface area (Å²) in [7, 11) is -1.76. The highest BCUT2D eigenvalue weighted by Gasteiger charge is 2.25. The largest absolute Gasteiger partial charge is 0.497 e. The molecular weight excluding hydrogens is 348 g/mol. The summed E-state index contributed by atoms with van der Waals surface area (Å²) >= 11 is 0. The van der Waals surface area contributed by atoms with Gasteiger partial charge in [-0.2, -0.15) is 4.31 Å². The first kappa shape index (κ1) is 20.3. The highest BCUT2D eigenvalue weighted by atomic mass is 32.2. The lowest BCUT2D eigenvalue weighted by Gasteiger charge is -2.34. The maximum absolute atomic E-state index is 12.4. The third kappa shape index (κ3) is 6.08. The quantitative estimate of drug-likeness (QED) is 0.541. The molecule has 0 amide bonds. The van der Waals surface area contributed by atoms with Crippen LogP contribution in [0.15, 0.2) is 35.7 Å². The van der Waals surface area contributed by atoms with Gasteiger partial charge in [-0.15, -0.1) is 0 Å². The van der Waals surface area contributed by atoms with Gasteiger partial charge in [0.25, 0.3) is 0 Å². The van der Waals surface area contributed by atoms with Crippen LogP contribution in [-0.4, -0.2) is 46.0 Å². The van der Waals surface area contributed by atoms with Gasteiger partial charge in [0, 0.05) is 50.4 Å². The number of hydrogen-bond acceptors (Lipinski definition) is 4. The predicted octanol–water partition coefficient (Wildman–Crippen LogP) is 3.24. The van der Waals surface area contributed by atoms with E-state index in [2.05, 4.69) is 23.7 Å². The van der Waals surface area contributed by atoms with Crippen molar-refractivity contribution in [2.45, 2.75) is 32.6 Å². The molecule has 6 heteroatoms. The minimum absolute atomic E-state index is 0.466. The van der Waals surface area contributed by atoms with E-state index < -0.39 is 10.0 Å². The summed E-state index contributed by atoms with van der Waals surface area (Å²) in [6, 6.07) is 7.83. The highest BCUT2D eigenvalue weighted by Crippen LogP contribution is 2.22. The van der Waals surface area contributed by atoms with Gasteiger partial charge in [-0.3, -0.25) is 0 Å². The molecule has 0 N–H and O–H groups in total. The van der Waals surface area contributed by atoms with Gasteiger partial charge in [-0.25, -0.2) is 8.42 Å². The molecule has 5 nitrogen and oxygen atoms in total. The molecule has 1 heterocycles. The average molecular weight is 377 g/mol. The maximum Gasteiger partial charge on any atom is 0.236 e. The van der Waals surface area contributed by atoms with Crippen LogP contribution in [0.2, 0.25) is 0 Å². The van der Waals surface area contributed by atoms with E-state index in [1.807, 2.05) is 24.3 Å². The summed E-state index contributed by atoms with van der Waals surface area (Å²) in [4.78, 5) is 2.17. The van der Waals surface area contributed by atoms with Gasteiger partial charge >= 0.3 is 0 Å². The van der Waals surface area contributed by atoms with Crippen LogP contribution in [0.4, 0.5) is 5.69 Å². The maximum atomic E-state index is 12.4. The van der Waals surface area contributed by atoms with Crippen molar-refractivity contribution in [3.8, 4) is 17.6 Å². The number of rotatable bonds is 7. The Bertz CT molecular complexity index is 755. The molecule has 0 atom stereocenters. The number of allylic oxidation sites excluding steroid dienone is 1. The van der Waals surface area contributed by atoms with Crippen molar-refractivity contribution < 1.29 is 13.2 Å². The van der Waals surface area contributed by atoms with Crippen LogP contribution in [0, 0.1) is 11.8 Å². The Hall–Kier alpha value is -1.97. The van der Waals surface area contributed by atoms with E-state index in [0.29, 0.717) is 26.2 Å². The fourth-order valence-electron chi connectivity index (χ4n) is 2.81. The summed E-state index contributed by atoms with van der Waals surface area (Å²) in [6.45, 7) is 4.39. The Balaban J connectivity index is 1.87. The van der Waals surface area contributed by atoms with Crippen LogP contribution >= 0.6 is 0 Å². The van der Waals surface area contributed by atoms with Crippen LogP contribution < -0.4 is 9.64 Å². The van der Waals surface area contributed by atoms with Crippen LogP contribution in [0.25, 0.3) is 0 Å². The Labute approximate surface area is 157 Å². The van der Waals surface area contributed by atoms with Crippen molar-refractivity contribution in [3.05, 3.63) is 35.7 Å². The number of piperazine rings is 1. The van der Waals surface area contributed by atoms with Crippen LogP contribution in [0.3, 0.4) is 0 Å². The zero-order valence-electron chi connectivity index (χ0n) is 15.6. The van der Waals surface area contributed by atoms with E-state index >= 15 is 0 Å². The van der Waals surface area contributed by atoms with Gasteiger partial charge in [-0.05, 0) is 18.6 Å². The van der Waals surface area contributed by atoms with Crippen molar-refractivity contribution in [1.82, 2.24) is 4.31 Å². The molecule has 0 spiro atoms. The van der Waals surface area contributed by atoms with Crippen molar-refractivity contribution in [3.63, 3.8) is 0 Å². The molecule has 1 aliphatic heterocycles. The molecule has 2 rings (SSSR count). The Kier molecular flexibility index (Phi) is 8.02. The summed E-state index contributed by atoms with van der Waals surface area (Å²) in [5, 5.41) is 1.22. The predicted molar refractivity (Wildman–Crippen MR) is 107 cm³/mol. The molecular formula is C20H28N2O3S. The summed E-state index contributed by atoms with van der Waals surface area (Å²) in [5.74, 6) is 6.63. The summed E-state index contributed by atoms with van der Waals surface area (Å²) in [6.07, 6.45) is 5.66. The average Bonchev–Trinajstić information content (AvgIpc) is 2.67. The van der Waals surface area contributed by atoms with E-state index in [-0.39, 0.29) is 0 Å². The minimum atomic E-state index is -3.40. The van der Waals surface area contributed by atoms with E-state index in [1.165, 1.54) is 15.8 Å². The number of benzene rings is 1. The standard InChI is InChI=1S/C20H28N2O3S/c1-3-4-5-6-7-8-9-17-26(23,24)22-15-13-21(14-16-22)19-11-10-12-20(18-19)25-2/h9-12,17-18H,3-6,13-16H2,1-2H3. The number of ether oxygens (including phenoxy) is 1. The molecule has 0 aromatic heterocycles. The number of anilines is 1. The van der Waals surface area contributed by atoms with Crippen molar-refractivity contribution in [1.29, 1.82) is 0 Å². The third-order valence-corrected chi connectivity index (χ3v) is 5.91. The van der Waals surface area contributed by atoms with Gasteiger partial charge in [0.05, 0.1) is 12.5 Å². The number of hydrogen-bond donors (Lipinski definition) is 0. The van der Waals surface area contributed by atoms with Crippen molar-refractivity contribution in [2.75, 3.05) is 38.2 Å². The molecule has 0 aliphatic carbocycles. The smallest absolute Gasteiger partial charge is 0.236 e. The van der Waals surface area contributed by atoms with Crippen molar-refractivity contribution in [2.24, 2.45) is 0 Å². The number of methoxy groups -OCH3 is 1. The monoisotopic (exact) mass is 376 g/mol. The first-order valence-electron chi connectivity index (χ1n) is 9.11. The molecule has 26 heavy (non-hydrogen) atoms. The van der Waals surface area contributed by atoms with E-state index in [1.54, 1.807) is 7.11 Å². The molecule has 1 aliphatic rings. The lowest BCUT2D eigenvalue weighted by Crippen LogP contribution is -2.48. The lowest BCUT2D eigenvalue weighted by atomic mass is 10.2. The molecule has 1 fully saturated rings. The second kappa shape index (κ2) is 10.2. The second-order valence-corrected chi connectivity index (χ2v) is 8.03. The zero-order chi connectivity index (χ0) is 18.8. The molecule has 0 bridgehead atoms. The number of unbranched alkanes of at least 4 members (excludes halogenated alkanes) is 3. The fourth-order valence-corrected chi connectivity index (χ4v) is 3.89. The van der Waals surface area contributed by atoms with Crippen LogP contribution in [0.1, 0.15) is 32.6 Å². The first-order chi connectivity index (χ1) is 12.6. The molecule has 142 valence electrons. The van der Waals surface area contributed by atoms with Gasteiger partial charge in [-0.1, -0.05) is 37.7 Å². The Morgan fingerprint density at radius 1 is 1.19 bits per heavy atom. The minimum Gasteiger partial charge on any atom is -0.497 e. The van der Waals surface area contributed by atoms with Gasteiger partial charge in [0.1, 0.15) is 5.75 Å². The Morgan fingerprint density at radius 2 is 1.96 bits per heavy atom. The van der Waals surface area contributed by atoms with Gasteiger partial charge in [0.2, 0.25) is 10.0 Å². The fraction of sp³-hybridized carbons (Fsp3) is 0.500. The number of sulfonamides is 1. The lowest BCUT2D eigenvalue weighted by molar-refractivity contribution is 0.389. The van der Waals surface area contributed by atoms with E-state index in [9.17, 15) is 8.42 Å². The van der Waals surface area contributed by atoms with Crippen molar-refractivity contribution >= 4 is 15.7 Å². The van der Waals surface area contributed by atoms with Gasteiger partial charge < -0.3 is 9.64 Å². The molecule has 1 aromatic carbocycles. The molecule has 1 aromatic rings. The Morgan fingerprint density at radius 3 is 2.65 bits per heavy atom. The second-order valence-electron chi connectivity index (χ2n) is 6.21. The summed E-state index contributed by atoms with van der Waals surface area (Å²) < 4.78 is 31.6. The number of nitrogens with zero attached hydrogens (tertiary/aromatic N) is 2. The van der Waals surface area contributed by atoms with E-state index in [0.717, 1.165) is 37.1 Å². The van der Waals surface area contributed by atoms with Crippen LogP contribution in [0.5, 0.6) is 5.75 Å². The summed E-state index contributed by atoms with van der Waals surface area (Å²) in [5.41, 5.74) is 1.05. The normalized spacial score (nSPS) is 15.7. The molecule has 0 radical (unpaired) electrons. The molecule has 0 saturated carbocycles. The zero-order valence-corrected chi connectivity index (χ0v) is 16.5. The van der Waals surface area contributed by atoms with E-state index in [4.69, 9.17) is 4.74 Å². The highest BCUT2D eigenvalue weighted by molar-refractivity contribution is 7.92. The first-order valence-corrected chi connectivity index (χ1v) is 10.6. The topological polar surface area (TPSA) is 49.9 Å². The SMILES string of the molecule is CCCCCC#CC=CS(=O)(=O)N1CCN(c2cccc(OC)c2)CC1.